The van der Waals surface area contributed by atoms with Gasteiger partial charge in [0, 0.05) is 31.4 Å². The van der Waals surface area contributed by atoms with Crippen molar-refractivity contribution >= 4 is 17.7 Å². The van der Waals surface area contributed by atoms with Crippen molar-refractivity contribution in [1.82, 2.24) is 0 Å². The summed E-state index contributed by atoms with van der Waals surface area (Å²) in [4.78, 5) is 38.6. The van der Waals surface area contributed by atoms with Crippen LogP contribution in [0.5, 0.6) is 23.0 Å². The summed E-state index contributed by atoms with van der Waals surface area (Å²) in [5.41, 5.74) is 0.745. The lowest BCUT2D eigenvalue weighted by Gasteiger charge is -2.12. The van der Waals surface area contributed by atoms with E-state index in [0.29, 0.717) is 18.4 Å². The quantitative estimate of drug-likeness (QED) is 0.0456. The molecule has 0 saturated heterocycles. The van der Waals surface area contributed by atoms with Crippen LogP contribution in [0.3, 0.4) is 0 Å². The maximum absolute atomic E-state index is 13.2. The Morgan fingerprint density at radius 3 is 1.59 bits per heavy atom. The molecular formula is C39H58O7. The van der Waals surface area contributed by atoms with Gasteiger partial charge in [0.2, 0.25) is 0 Å². The second-order valence-electron chi connectivity index (χ2n) is 12.5. The van der Waals surface area contributed by atoms with E-state index in [0.717, 1.165) is 32.1 Å². The average molecular weight is 639 g/mol. The molecule has 0 aliphatic rings. The number of phenolic OH excluding ortho intramolecular Hbond substituents is 2. The lowest BCUT2D eigenvalue weighted by atomic mass is 10.0. The predicted octanol–water partition coefficient (Wildman–Crippen LogP) is 10.6. The Hall–Kier alpha value is -3.35. The van der Waals surface area contributed by atoms with E-state index in [-0.39, 0.29) is 59.6 Å². The highest BCUT2D eigenvalue weighted by Gasteiger charge is 2.19. The maximum Gasteiger partial charge on any atom is 0.311 e. The zero-order chi connectivity index (χ0) is 33.4. The molecule has 46 heavy (non-hydrogen) atoms. The van der Waals surface area contributed by atoms with Crippen LogP contribution in [0.15, 0.2) is 36.4 Å². The summed E-state index contributed by atoms with van der Waals surface area (Å²) < 4.78 is 11.2. The third kappa shape index (κ3) is 16.8. The van der Waals surface area contributed by atoms with Crippen molar-refractivity contribution in [1.29, 1.82) is 0 Å². The fourth-order valence-electron chi connectivity index (χ4n) is 5.54. The third-order valence-corrected chi connectivity index (χ3v) is 8.37. The number of aryl methyl sites for hydroxylation is 1. The molecule has 0 heterocycles. The molecule has 0 spiro atoms. The molecule has 7 heteroatoms. The van der Waals surface area contributed by atoms with Crippen LogP contribution in [0.25, 0.3) is 0 Å². The fraction of sp³-hybridized carbons (Fsp3) is 0.615. The molecule has 2 N–H and O–H groups in total. The van der Waals surface area contributed by atoms with Gasteiger partial charge < -0.3 is 19.7 Å². The van der Waals surface area contributed by atoms with Crippen molar-refractivity contribution in [3.63, 3.8) is 0 Å². The van der Waals surface area contributed by atoms with Crippen molar-refractivity contribution < 1.29 is 34.1 Å². The summed E-state index contributed by atoms with van der Waals surface area (Å²) in [6.07, 6.45) is 21.4. The summed E-state index contributed by atoms with van der Waals surface area (Å²) in [5.74, 6) is -0.880. The second-order valence-corrected chi connectivity index (χ2v) is 12.5. The first kappa shape index (κ1) is 38.8. The molecule has 256 valence electrons. The molecule has 2 rings (SSSR count). The number of carbonyl (C=O) groups is 3. The molecule has 0 bridgehead atoms. The molecule has 0 atom stereocenters. The number of Topliss-reactive ketones (excluding diaryl/α,β-unsaturated/α-hetero) is 1. The molecule has 0 radical (unpaired) electrons. The normalized spacial score (nSPS) is 11.0. The van der Waals surface area contributed by atoms with Crippen LogP contribution in [0.1, 0.15) is 165 Å². The molecule has 2 aromatic carbocycles. The Bertz CT molecular complexity index is 1170. The first-order valence-electron chi connectivity index (χ1n) is 17.9. The van der Waals surface area contributed by atoms with Gasteiger partial charge in [-0.3, -0.25) is 14.4 Å². The highest BCUT2D eigenvalue weighted by molar-refractivity contribution is 5.99. The Kier molecular flexibility index (Phi) is 20.2. The van der Waals surface area contributed by atoms with E-state index in [1.54, 1.807) is 12.1 Å². The minimum absolute atomic E-state index is 0.0544. The van der Waals surface area contributed by atoms with Gasteiger partial charge in [0.1, 0.15) is 23.0 Å². The molecule has 0 aromatic heterocycles. The standard InChI is InChI=1S/C39H58O7/c1-3-5-7-9-11-13-15-17-19-21-38(43)45-33-26-27-34(35(41)28-24-31-23-25-32(40)29-36(31)42)37(30-33)46-39(44)22-20-18-16-14-12-10-8-6-4-2/h23,25-27,29-30,40,42H,3-22,24,28H2,1-2H3. The second kappa shape index (κ2) is 23.9. The lowest BCUT2D eigenvalue weighted by molar-refractivity contribution is -0.135. The van der Waals surface area contributed by atoms with E-state index in [2.05, 4.69) is 13.8 Å². The summed E-state index contributed by atoms with van der Waals surface area (Å²) >= 11 is 0. The summed E-state index contributed by atoms with van der Waals surface area (Å²) in [6.45, 7) is 4.43. The van der Waals surface area contributed by atoms with Gasteiger partial charge in [0.25, 0.3) is 0 Å². The Labute approximate surface area is 277 Å². The Morgan fingerprint density at radius 1 is 0.565 bits per heavy atom. The lowest BCUT2D eigenvalue weighted by Crippen LogP contribution is -2.13. The molecule has 0 unspecified atom stereocenters. The van der Waals surface area contributed by atoms with Crippen LogP contribution in [0.2, 0.25) is 0 Å². The zero-order valence-electron chi connectivity index (χ0n) is 28.5. The number of unbranched alkanes of at least 4 members (excludes halogenated alkanes) is 16. The van der Waals surface area contributed by atoms with Gasteiger partial charge in [-0.15, -0.1) is 0 Å². The van der Waals surface area contributed by atoms with E-state index >= 15 is 0 Å². The number of carbonyl (C=O) groups excluding carboxylic acids is 3. The van der Waals surface area contributed by atoms with Crippen LogP contribution in [-0.4, -0.2) is 27.9 Å². The van der Waals surface area contributed by atoms with Crippen LogP contribution in [-0.2, 0) is 16.0 Å². The molecule has 0 saturated carbocycles. The van der Waals surface area contributed by atoms with E-state index < -0.39 is 5.97 Å². The van der Waals surface area contributed by atoms with Crippen molar-refractivity contribution in [3.05, 3.63) is 47.5 Å². The van der Waals surface area contributed by atoms with Crippen molar-refractivity contribution in [3.8, 4) is 23.0 Å². The van der Waals surface area contributed by atoms with Crippen molar-refractivity contribution in [2.45, 2.75) is 155 Å². The van der Waals surface area contributed by atoms with E-state index in [4.69, 9.17) is 9.47 Å². The number of hydrogen-bond donors (Lipinski definition) is 2. The predicted molar refractivity (Wildman–Crippen MR) is 184 cm³/mol. The summed E-state index contributed by atoms with van der Waals surface area (Å²) in [6, 6.07) is 8.79. The number of aromatic hydroxyl groups is 2. The van der Waals surface area contributed by atoms with Crippen LogP contribution in [0.4, 0.5) is 0 Å². The van der Waals surface area contributed by atoms with Crippen LogP contribution < -0.4 is 9.47 Å². The SMILES string of the molecule is CCCCCCCCCCCC(=O)Oc1ccc(C(=O)CCc2ccc(O)cc2O)c(OC(=O)CCCCCCCCCCC)c1. The van der Waals surface area contributed by atoms with Crippen LogP contribution in [0, 0.1) is 0 Å². The zero-order valence-corrected chi connectivity index (χ0v) is 28.5. The van der Waals surface area contributed by atoms with Gasteiger partial charge in [-0.05, 0) is 43.0 Å². The van der Waals surface area contributed by atoms with Crippen molar-refractivity contribution in [2.75, 3.05) is 0 Å². The van der Waals surface area contributed by atoms with Gasteiger partial charge >= 0.3 is 11.9 Å². The minimum atomic E-state index is -0.425. The number of ether oxygens (including phenoxy) is 2. The van der Waals surface area contributed by atoms with Crippen LogP contribution >= 0.6 is 0 Å². The molecule has 0 aliphatic heterocycles. The molecule has 0 fully saturated rings. The first-order chi connectivity index (χ1) is 22.3. The van der Waals surface area contributed by atoms with Gasteiger partial charge in [0.15, 0.2) is 5.78 Å². The number of ketones is 1. The third-order valence-electron chi connectivity index (χ3n) is 8.37. The molecule has 7 nitrogen and oxygen atoms in total. The molecule has 0 amide bonds. The van der Waals surface area contributed by atoms with Gasteiger partial charge in [-0.25, -0.2) is 0 Å². The first-order valence-corrected chi connectivity index (χ1v) is 17.9. The smallest absolute Gasteiger partial charge is 0.311 e. The molecule has 0 aliphatic carbocycles. The highest BCUT2D eigenvalue weighted by atomic mass is 16.5. The van der Waals surface area contributed by atoms with E-state index in [9.17, 15) is 24.6 Å². The number of benzene rings is 2. The maximum atomic E-state index is 13.2. The average Bonchev–Trinajstić information content (AvgIpc) is 3.03. The topological polar surface area (TPSA) is 110 Å². The summed E-state index contributed by atoms with van der Waals surface area (Å²) in [7, 11) is 0. The van der Waals surface area contributed by atoms with Gasteiger partial charge in [-0.2, -0.15) is 0 Å². The van der Waals surface area contributed by atoms with Gasteiger partial charge in [-0.1, -0.05) is 123 Å². The number of phenols is 2. The van der Waals surface area contributed by atoms with E-state index in [1.165, 1.54) is 101 Å². The van der Waals surface area contributed by atoms with E-state index in [1.807, 2.05) is 0 Å². The highest BCUT2D eigenvalue weighted by Crippen LogP contribution is 2.29. The molecule has 2 aromatic rings. The number of esters is 2. The fourth-order valence-corrected chi connectivity index (χ4v) is 5.54. The minimum Gasteiger partial charge on any atom is -0.508 e. The Balaban J connectivity index is 1.92. The largest absolute Gasteiger partial charge is 0.508 e. The van der Waals surface area contributed by atoms with Crippen molar-refractivity contribution in [2.24, 2.45) is 0 Å². The van der Waals surface area contributed by atoms with Gasteiger partial charge in [0.05, 0.1) is 5.56 Å². The number of rotatable bonds is 26. The molecular weight excluding hydrogens is 580 g/mol. The summed E-state index contributed by atoms with van der Waals surface area (Å²) in [5, 5.41) is 19.7. The number of hydrogen-bond acceptors (Lipinski definition) is 7. The Morgan fingerprint density at radius 2 is 1.07 bits per heavy atom. The monoisotopic (exact) mass is 638 g/mol.